The van der Waals surface area contributed by atoms with Gasteiger partial charge in [0, 0.05) is 5.57 Å². The molecule has 0 bridgehead atoms. The van der Waals surface area contributed by atoms with Gasteiger partial charge in [0.1, 0.15) is 6.61 Å². The maximum absolute atomic E-state index is 12.3. The minimum absolute atomic E-state index is 0.106. The number of carbonyl (C=O) groups excluding carboxylic acids is 3. The lowest BCUT2D eigenvalue weighted by Gasteiger charge is -2.08. The molecule has 0 aromatic heterocycles. The summed E-state index contributed by atoms with van der Waals surface area (Å²) < 4.78 is 15.5. The summed E-state index contributed by atoms with van der Waals surface area (Å²) in [6.07, 6.45) is 16.1. The molecule has 0 aliphatic carbocycles. The van der Waals surface area contributed by atoms with E-state index in [-0.39, 0.29) is 19.1 Å². The van der Waals surface area contributed by atoms with Crippen LogP contribution in [0.15, 0.2) is 54.6 Å². The topological polar surface area (TPSA) is 90.9 Å². The molecule has 0 saturated carbocycles. The van der Waals surface area contributed by atoms with Crippen molar-refractivity contribution in [1.82, 2.24) is 5.32 Å². The van der Waals surface area contributed by atoms with Crippen LogP contribution in [0, 0.1) is 0 Å². The Bertz CT molecular complexity index is 1070. The summed E-state index contributed by atoms with van der Waals surface area (Å²) in [5.74, 6) is -0.693. The lowest BCUT2D eigenvalue weighted by atomic mass is 10.0. The molecule has 1 N–H and O–H groups in total. The van der Waals surface area contributed by atoms with Crippen molar-refractivity contribution < 1.29 is 28.6 Å². The monoisotopic (exact) mass is 567 g/mol. The summed E-state index contributed by atoms with van der Waals surface area (Å²) in [6, 6.07) is 13.7. The fourth-order valence-corrected chi connectivity index (χ4v) is 4.53. The standard InChI is InChI=1S/C34H49NO6/c1-28(2)32(36)40-26-23-35-34(38)41-25-18-14-12-10-8-6-4-3-5-7-9-11-13-17-24-39-33(37)31-22-21-29-19-15-16-20-30(29)27-31/h15-16,19-22,27H,1,3-14,17-18,23-26H2,2H3,(H,35,38). The highest BCUT2D eigenvalue weighted by Crippen LogP contribution is 2.17. The molecule has 7 heteroatoms. The number of carbonyl (C=O) groups is 3. The van der Waals surface area contributed by atoms with Crippen molar-refractivity contribution in [2.75, 3.05) is 26.4 Å². The van der Waals surface area contributed by atoms with Crippen LogP contribution in [0.5, 0.6) is 0 Å². The Morgan fingerprint density at radius 2 is 1.15 bits per heavy atom. The van der Waals surface area contributed by atoms with E-state index in [1.807, 2.05) is 42.5 Å². The summed E-state index contributed by atoms with van der Waals surface area (Å²) in [6.45, 7) is 6.31. The molecule has 2 aromatic rings. The molecule has 7 nitrogen and oxygen atoms in total. The first-order chi connectivity index (χ1) is 20.0. The van der Waals surface area contributed by atoms with Crippen LogP contribution in [0.25, 0.3) is 10.8 Å². The zero-order valence-corrected chi connectivity index (χ0v) is 24.9. The average Bonchev–Trinajstić information content (AvgIpc) is 2.98. The van der Waals surface area contributed by atoms with Crippen molar-refractivity contribution in [1.29, 1.82) is 0 Å². The molecule has 41 heavy (non-hydrogen) atoms. The Hall–Kier alpha value is -3.35. The third-order valence-corrected chi connectivity index (χ3v) is 6.94. The second-order valence-electron chi connectivity index (χ2n) is 10.6. The molecule has 0 saturated heterocycles. The van der Waals surface area contributed by atoms with E-state index in [1.54, 1.807) is 6.92 Å². The Balaban J connectivity index is 1.28. The lowest BCUT2D eigenvalue weighted by molar-refractivity contribution is -0.138. The van der Waals surface area contributed by atoms with Gasteiger partial charge in [0.2, 0.25) is 0 Å². The molecular weight excluding hydrogens is 518 g/mol. The number of hydrogen-bond acceptors (Lipinski definition) is 6. The molecule has 0 radical (unpaired) electrons. The van der Waals surface area contributed by atoms with Gasteiger partial charge in [0.25, 0.3) is 0 Å². The van der Waals surface area contributed by atoms with Crippen LogP contribution in [0.4, 0.5) is 4.79 Å². The number of unbranched alkanes of at least 4 members (excludes halogenated alkanes) is 13. The molecule has 226 valence electrons. The van der Waals surface area contributed by atoms with Gasteiger partial charge in [-0.15, -0.1) is 0 Å². The third-order valence-electron chi connectivity index (χ3n) is 6.94. The normalized spacial score (nSPS) is 10.8. The zero-order chi connectivity index (χ0) is 29.5. The number of nitrogens with one attached hydrogen (secondary N) is 1. The number of benzene rings is 2. The SMILES string of the molecule is C=C(C)C(=O)OCCNC(=O)OCCCCCCCCCCCCCCCCOC(=O)c1ccc2ccccc2c1. The minimum Gasteiger partial charge on any atom is -0.462 e. The fraction of sp³-hybridized carbons (Fsp3) is 0.559. The van der Waals surface area contributed by atoms with Crippen LogP contribution in [-0.2, 0) is 19.0 Å². The highest BCUT2D eigenvalue weighted by atomic mass is 16.6. The summed E-state index contributed by atoms with van der Waals surface area (Å²) in [7, 11) is 0. The summed E-state index contributed by atoms with van der Waals surface area (Å²) in [5.41, 5.74) is 0.955. The van der Waals surface area contributed by atoms with E-state index in [2.05, 4.69) is 11.9 Å². The number of rotatable bonds is 22. The predicted octanol–water partition coefficient (Wildman–Crippen LogP) is 8.30. The van der Waals surface area contributed by atoms with Gasteiger partial charge in [-0.2, -0.15) is 0 Å². The largest absolute Gasteiger partial charge is 0.462 e. The zero-order valence-electron chi connectivity index (χ0n) is 24.9. The average molecular weight is 568 g/mol. The molecule has 0 spiro atoms. The van der Waals surface area contributed by atoms with Crippen molar-refractivity contribution in [3.8, 4) is 0 Å². The van der Waals surface area contributed by atoms with E-state index in [4.69, 9.17) is 14.2 Å². The Labute approximate surface area is 246 Å². The first kappa shape index (κ1) is 33.9. The molecule has 0 fully saturated rings. The minimum atomic E-state index is -0.477. The van der Waals surface area contributed by atoms with Gasteiger partial charge in [0.05, 0.1) is 25.3 Å². The highest BCUT2D eigenvalue weighted by molar-refractivity contribution is 5.95. The Morgan fingerprint density at radius 1 is 0.634 bits per heavy atom. The van der Waals surface area contributed by atoms with Crippen molar-refractivity contribution >= 4 is 28.8 Å². The first-order valence-corrected chi connectivity index (χ1v) is 15.4. The maximum atomic E-state index is 12.3. The van der Waals surface area contributed by atoms with Crippen LogP contribution in [-0.4, -0.2) is 44.4 Å². The molecule has 2 rings (SSSR count). The van der Waals surface area contributed by atoms with E-state index in [0.29, 0.717) is 24.4 Å². The van der Waals surface area contributed by atoms with Crippen LogP contribution in [0.2, 0.25) is 0 Å². The van der Waals surface area contributed by atoms with Crippen LogP contribution >= 0.6 is 0 Å². The van der Waals surface area contributed by atoms with Crippen LogP contribution in [0.1, 0.15) is 107 Å². The van der Waals surface area contributed by atoms with Gasteiger partial charge in [-0.25, -0.2) is 14.4 Å². The first-order valence-electron chi connectivity index (χ1n) is 15.4. The number of hydrogen-bond donors (Lipinski definition) is 1. The molecule has 1 amide bonds. The van der Waals surface area contributed by atoms with Gasteiger partial charge in [0.15, 0.2) is 0 Å². The van der Waals surface area contributed by atoms with Crippen molar-refractivity contribution in [3.05, 3.63) is 60.2 Å². The summed E-state index contributed by atoms with van der Waals surface area (Å²) >= 11 is 0. The Kier molecular flexibility index (Phi) is 17.7. The van der Waals surface area contributed by atoms with Gasteiger partial charge >= 0.3 is 18.0 Å². The lowest BCUT2D eigenvalue weighted by Crippen LogP contribution is -2.29. The number of alkyl carbamates (subject to hydrolysis) is 1. The number of amides is 1. The molecule has 0 aliphatic heterocycles. The van der Waals surface area contributed by atoms with Gasteiger partial charge in [-0.1, -0.05) is 114 Å². The number of ether oxygens (including phenoxy) is 3. The fourth-order valence-electron chi connectivity index (χ4n) is 4.53. The van der Waals surface area contributed by atoms with Gasteiger partial charge in [-0.3, -0.25) is 0 Å². The smallest absolute Gasteiger partial charge is 0.407 e. The van der Waals surface area contributed by atoms with Crippen molar-refractivity contribution in [3.63, 3.8) is 0 Å². The molecular formula is C34H49NO6. The summed E-state index contributed by atoms with van der Waals surface area (Å²) in [5, 5.41) is 4.75. The second-order valence-corrected chi connectivity index (χ2v) is 10.6. The molecule has 0 heterocycles. The third kappa shape index (κ3) is 15.9. The van der Waals surface area contributed by atoms with E-state index in [9.17, 15) is 14.4 Å². The van der Waals surface area contributed by atoms with Crippen molar-refractivity contribution in [2.45, 2.75) is 96.8 Å². The second kappa shape index (κ2) is 21.4. The number of esters is 2. The molecule has 2 aromatic carbocycles. The Morgan fingerprint density at radius 3 is 1.71 bits per heavy atom. The maximum Gasteiger partial charge on any atom is 0.407 e. The number of fused-ring (bicyclic) bond motifs is 1. The quantitative estimate of drug-likeness (QED) is 0.0666. The van der Waals surface area contributed by atoms with E-state index in [1.165, 1.54) is 64.2 Å². The van der Waals surface area contributed by atoms with Crippen LogP contribution in [0.3, 0.4) is 0 Å². The van der Waals surface area contributed by atoms with Gasteiger partial charge < -0.3 is 19.5 Å². The molecule has 0 unspecified atom stereocenters. The van der Waals surface area contributed by atoms with Gasteiger partial charge in [-0.05, 0) is 42.7 Å². The highest BCUT2D eigenvalue weighted by Gasteiger charge is 2.08. The van der Waals surface area contributed by atoms with Crippen molar-refractivity contribution in [2.24, 2.45) is 0 Å². The van der Waals surface area contributed by atoms with E-state index >= 15 is 0 Å². The van der Waals surface area contributed by atoms with E-state index < -0.39 is 12.1 Å². The van der Waals surface area contributed by atoms with Crippen LogP contribution < -0.4 is 5.32 Å². The van der Waals surface area contributed by atoms with E-state index in [0.717, 1.165) is 36.5 Å². The molecule has 0 aliphatic rings. The predicted molar refractivity (Wildman–Crippen MR) is 164 cm³/mol. The summed E-state index contributed by atoms with van der Waals surface area (Å²) in [4.78, 5) is 35.1. The molecule has 0 atom stereocenters.